The zero-order chi connectivity index (χ0) is 25.7. The second kappa shape index (κ2) is 10.9. The van der Waals surface area contributed by atoms with Gasteiger partial charge in [-0.1, -0.05) is 31.5 Å². The second-order valence-corrected chi connectivity index (χ2v) is 9.84. The first-order valence-electron chi connectivity index (χ1n) is 11.5. The monoisotopic (exact) mass is 481 g/mol. The third-order valence-electron chi connectivity index (χ3n) is 5.61. The lowest BCUT2D eigenvalue weighted by atomic mass is 9.86. The number of rotatable bonds is 6. The first kappa shape index (κ1) is 27.2. The molecule has 0 spiro atoms. The molecule has 0 saturated carbocycles. The smallest absolute Gasteiger partial charge is 0.413 e. The fraction of sp³-hybridized carbons (Fsp3) is 0.625. The van der Waals surface area contributed by atoms with Crippen LogP contribution in [0.25, 0.3) is 0 Å². The quantitative estimate of drug-likeness (QED) is 0.575. The lowest BCUT2D eigenvalue weighted by Crippen LogP contribution is -2.72. The SMILES string of the molecule is CCCCNC(=O)OC1C(C)N(C(=O)O)C(C)(Cc2ccccc2F)CN1C(=O)OC(C)(C)C. The van der Waals surface area contributed by atoms with Crippen LogP contribution in [0, 0.1) is 5.82 Å². The highest BCUT2D eigenvalue weighted by Gasteiger charge is 2.53. The number of hydrogen-bond acceptors (Lipinski definition) is 5. The fourth-order valence-electron chi connectivity index (χ4n) is 4.18. The van der Waals surface area contributed by atoms with E-state index in [4.69, 9.17) is 9.47 Å². The second-order valence-electron chi connectivity index (χ2n) is 9.84. The van der Waals surface area contributed by atoms with Crippen molar-refractivity contribution in [3.8, 4) is 0 Å². The normalized spacial score (nSPS) is 22.8. The molecule has 3 amide bonds. The van der Waals surface area contributed by atoms with Crippen LogP contribution in [-0.4, -0.2) is 69.7 Å². The number of benzene rings is 1. The average molecular weight is 482 g/mol. The molecule has 34 heavy (non-hydrogen) atoms. The van der Waals surface area contributed by atoms with Crippen molar-refractivity contribution in [2.45, 2.75) is 84.2 Å². The maximum atomic E-state index is 14.5. The molecule has 0 aromatic heterocycles. The Labute approximate surface area is 200 Å². The highest BCUT2D eigenvalue weighted by atomic mass is 19.1. The minimum atomic E-state index is -1.27. The van der Waals surface area contributed by atoms with Gasteiger partial charge in [0.05, 0.1) is 18.1 Å². The van der Waals surface area contributed by atoms with Gasteiger partial charge < -0.3 is 19.9 Å². The van der Waals surface area contributed by atoms with Gasteiger partial charge in [0.1, 0.15) is 11.4 Å². The van der Waals surface area contributed by atoms with Crippen LogP contribution in [-0.2, 0) is 15.9 Å². The summed E-state index contributed by atoms with van der Waals surface area (Å²) < 4.78 is 25.5. The fourth-order valence-corrected chi connectivity index (χ4v) is 4.18. The van der Waals surface area contributed by atoms with E-state index in [1.807, 2.05) is 6.92 Å². The van der Waals surface area contributed by atoms with E-state index in [2.05, 4.69) is 5.32 Å². The Hall–Kier alpha value is -3.04. The number of carboxylic acid groups (broad SMARTS) is 1. The van der Waals surface area contributed by atoms with Crippen molar-refractivity contribution in [2.75, 3.05) is 13.1 Å². The molecule has 0 bridgehead atoms. The van der Waals surface area contributed by atoms with Crippen molar-refractivity contribution in [3.05, 3.63) is 35.6 Å². The van der Waals surface area contributed by atoms with Crippen LogP contribution in [0.3, 0.4) is 0 Å². The molecule has 1 aromatic rings. The summed E-state index contributed by atoms with van der Waals surface area (Å²) in [7, 11) is 0. The number of piperazine rings is 1. The van der Waals surface area contributed by atoms with E-state index in [0.717, 1.165) is 17.7 Å². The molecule has 1 heterocycles. The van der Waals surface area contributed by atoms with Gasteiger partial charge >= 0.3 is 18.3 Å². The maximum absolute atomic E-state index is 14.5. The molecule has 3 atom stereocenters. The third-order valence-corrected chi connectivity index (χ3v) is 5.61. The Morgan fingerprint density at radius 2 is 1.91 bits per heavy atom. The Bertz CT molecular complexity index is 890. The van der Waals surface area contributed by atoms with Crippen LogP contribution in [0.5, 0.6) is 0 Å². The Balaban J connectivity index is 2.43. The number of hydrogen-bond donors (Lipinski definition) is 2. The molecule has 10 heteroatoms. The molecule has 9 nitrogen and oxygen atoms in total. The number of nitrogens with one attached hydrogen (secondary N) is 1. The Morgan fingerprint density at radius 1 is 1.26 bits per heavy atom. The number of nitrogens with zero attached hydrogens (tertiary/aromatic N) is 2. The van der Waals surface area contributed by atoms with Crippen LogP contribution in [0.4, 0.5) is 18.8 Å². The standard InChI is InChI=1S/C24H36FN3O6/c1-7-8-13-26-20(29)33-19-16(2)28(21(30)31)24(6,14-17-11-9-10-12-18(17)25)15-27(19)22(32)34-23(3,4)5/h9-12,16,19H,7-8,13-15H2,1-6H3,(H,26,29)(H,30,31). The van der Waals surface area contributed by atoms with E-state index in [1.54, 1.807) is 52.8 Å². The van der Waals surface area contributed by atoms with Gasteiger partial charge in [0, 0.05) is 13.0 Å². The molecule has 2 N–H and O–H groups in total. The average Bonchev–Trinajstić information content (AvgIpc) is 2.70. The first-order valence-corrected chi connectivity index (χ1v) is 11.5. The number of halogens is 1. The summed E-state index contributed by atoms with van der Waals surface area (Å²) in [5.74, 6) is -0.473. The molecule has 1 aromatic carbocycles. The number of carbonyl (C=O) groups excluding carboxylic acids is 2. The van der Waals surface area contributed by atoms with Gasteiger partial charge in [-0.3, -0.25) is 9.80 Å². The Morgan fingerprint density at radius 3 is 2.47 bits per heavy atom. The molecule has 3 unspecified atom stereocenters. The van der Waals surface area contributed by atoms with E-state index in [9.17, 15) is 23.9 Å². The van der Waals surface area contributed by atoms with Gasteiger partial charge in [-0.25, -0.2) is 18.8 Å². The zero-order valence-corrected chi connectivity index (χ0v) is 20.8. The Kier molecular flexibility index (Phi) is 8.74. The summed E-state index contributed by atoms with van der Waals surface area (Å²) >= 11 is 0. The number of ether oxygens (including phenoxy) is 2. The molecule has 1 fully saturated rings. The highest BCUT2D eigenvalue weighted by molar-refractivity contribution is 5.73. The molecular formula is C24H36FN3O6. The third kappa shape index (κ3) is 6.74. The van der Waals surface area contributed by atoms with Crippen LogP contribution >= 0.6 is 0 Å². The van der Waals surface area contributed by atoms with Crippen molar-refractivity contribution in [1.82, 2.24) is 15.1 Å². The largest absolute Gasteiger partial charge is 0.465 e. The van der Waals surface area contributed by atoms with Gasteiger partial charge in [0.2, 0.25) is 6.23 Å². The molecule has 0 radical (unpaired) electrons. The van der Waals surface area contributed by atoms with E-state index in [1.165, 1.54) is 11.0 Å². The lowest BCUT2D eigenvalue weighted by molar-refractivity contribution is -0.129. The van der Waals surface area contributed by atoms with E-state index >= 15 is 0 Å². The van der Waals surface area contributed by atoms with Gasteiger partial charge in [-0.2, -0.15) is 0 Å². The molecule has 190 valence electrons. The molecule has 1 saturated heterocycles. The minimum Gasteiger partial charge on any atom is -0.465 e. The maximum Gasteiger partial charge on any atom is 0.413 e. The van der Waals surface area contributed by atoms with Crippen LogP contribution < -0.4 is 5.32 Å². The van der Waals surface area contributed by atoms with Crippen LogP contribution in [0.2, 0.25) is 0 Å². The topological polar surface area (TPSA) is 108 Å². The summed E-state index contributed by atoms with van der Waals surface area (Å²) in [6, 6.07) is 5.14. The number of alkyl carbamates (subject to hydrolysis) is 1. The van der Waals surface area contributed by atoms with E-state index in [0.29, 0.717) is 12.1 Å². The summed E-state index contributed by atoms with van der Waals surface area (Å²) in [5.41, 5.74) is -1.74. The lowest BCUT2D eigenvalue weighted by Gasteiger charge is -2.53. The van der Waals surface area contributed by atoms with Crippen molar-refractivity contribution in [2.24, 2.45) is 0 Å². The summed E-state index contributed by atoms with van der Waals surface area (Å²) in [4.78, 5) is 40.3. The minimum absolute atomic E-state index is 0.00499. The van der Waals surface area contributed by atoms with Gasteiger partial charge in [-0.05, 0) is 52.7 Å². The van der Waals surface area contributed by atoms with Crippen molar-refractivity contribution >= 4 is 18.3 Å². The van der Waals surface area contributed by atoms with E-state index < -0.39 is 47.5 Å². The highest BCUT2D eigenvalue weighted by Crippen LogP contribution is 2.34. The molecule has 2 rings (SSSR count). The number of carbonyl (C=O) groups is 3. The van der Waals surface area contributed by atoms with Crippen molar-refractivity contribution in [3.63, 3.8) is 0 Å². The predicted molar refractivity (Wildman–Crippen MR) is 124 cm³/mol. The van der Waals surface area contributed by atoms with Crippen molar-refractivity contribution in [1.29, 1.82) is 0 Å². The van der Waals surface area contributed by atoms with Gasteiger partial charge in [-0.15, -0.1) is 0 Å². The van der Waals surface area contributed by atoms with Crippen molar-refractivity contribution < 1.29 is 33.4 Å². The molecular weight excluding hydrogens is 445 g/mol. The number of amides is 3. The van der Waals surface area contributed by atoms with Crippen LogP contribution in [0.15, 0.2) is 24.3 Å². The molecule has 0 aliphatic carbocycles. The predicted octanol–water partition coefficient (Wildman–Crippen LogP) is 4.60. The summed E-state index contributed by atoms with van der Waals surface area (Å²) in [6.07, 6.45) is -2.41. The van der Waals surface area contributed by atoms with Crippen LogP contribution in [0.1, 0.15) is 59.9 Å². The first-order chi connectivity index (χ1) is 15.8. The molecule has 1 aliphatic heterocycles. The number of unbranched alkanes of at least 4 members (excludes halogenated alkanes) is 1. The van der Waals surface area contributed by atoms with Gasteiger partial charge in [0.15, 0.2) is 0 Å². The zero-order valence-electron chi connectivity index (χ0n) is 20.8. The van der Waals surface area contributed by atoms with Gasteiger partial charge in [0.25, 0.3) is 0 Å². The van der Waals surface area contributed by atoms with E-state index in [-0.39, 0.29) is 13.0 Å². The molecule has 1 aliphatic rings. The summed E-state index contributed by atoms with van der Waals surface area (Å²) in [5, 5.41) is 12.7. The summed E-state index contributed by atoms with van der Waals surface area (Å²) in [6.45, 7) is 10.5.